The summed E-state index contributed by atoms with van der Waals surface area (Å²) in [4.78, 5) is 0. The second-order valence-electron chi connectivity index (χ2n) is 4.37. The molecule has 1 aromatic rings. The molecular formula is C11H20N4O3S. The van der Waals surface area contributed by atoms with E-state index in [1.54, 1.807) is 6.20 Å². The van der Waals surface area contributed by atoms with Crippen molar-refractivity contribution in [2.24, 2.45) is 0 Å². The molecule has 0 aliphatic carbocycles. The van der Waals surface area contributed by atoms with E-state index < -0.39 is 10.0 Å². The van der Waals surface area contributed by atoms with Crippen LogP contribution in [0, 0.1) is 0 Å². The van der Waals surface area contributed by atoms with Gasteiger partial charge in [0, 0.05) is 31.8 Å². The molecule has 1 saturated heterocycles. The summed E-state index contributed by atoms with van der Waals surface area (Å²) in [5, 5.41) is 9.77. The summed E-state index contributed by atoms with van der Waals surface area (Å²) in [7, 11) is -3.51. The molecular weight excluding hydrogens is 268 g/mol. The van der Waals surface area contributed by atoms with E-state index in [1.165, 1.54) is 4.31 Å². The lowest BCUT2D eigenvalue weighted by molar-refractivity contribution is 0.148. The van der Waals surface area contributed by atoms with Crippen LogP contribution < -0.4 is 5.32 Å². The zero-order valence-corrected chi connectivity index (χ0v) is 11.9. The van der Waals surface area contributed by atoms with Gasteiger partial charge in [-0.15, -0.1) is 0 Å². The highest BCUT2D eigenvalue weighted by atomic mass is 32.2. The molecule has 0 saturated carbocycles. The van der Waals surface area contributed by atoms with Crippen molar-refractivity contribution in [3.63, 3.8) is 0 Å². The molecule has 0 atom stereocenters. The number of hydrogen-bond donors (Lipinski definition) is 2. The average molecular weight is 288 g/mol. The van der Waals surface area contributed by atoms with Gasteiger partial charge in [-0.05, 0) is 13.0 Å². The van der Waals surface area contributed by atoms with Crippen LogP contribution in [0.4, 0.5) is 0 Å². The highest BCUT2D eigenvalue weighted by molar-refractivity contribution is 7.89. The monoisotopic (exact) mass is 288 g/mol. The van der Waals surface area contributed by atoms with Crippen LogP contribution in [-0.2, 0) is 21.3 Å². The number of ether oxygens (including phenoxy) is 1. The van der Waals surface area contributed by atoms with E-state index in [4.69, 9.17) is 4.74 Å². The summed E-state index contributed by atoms with van der Waals surface area (Å²) in [5.41, 5.74) is 0.673. The third kappa shape index (κ3) is 3.33. The third-order valence-electron chi connectivity index (χ3n) is 3.02. The normalized spacial score (nSPS) is 18.4. The summed E-state index contributed by atoms with van der Waals surface area (Å²) in [6.45, 7) is 5.17. The van der Waals surface area contributed by atoms with Crippen molar-refractivity contribution in [1.29, 1.82) is 0 Å². The summed E-state index contributed by atoms with van der Waals surface area (Å²) >= 11 is 0. The van der Waals surface area contributed by atoms with E-state index in [0.717, 1.165) is 13.0 Å². The van der Waals surface area contributed by atoms with Crippen molar-refractivity contribution in [2.75, 3.05) is 32.8 Å². The highest BCUT2D eigenvalue weighted by Gasteiger charge is 2.29. The van der Waals surface area contributed by atoms with Gasteiger partial charge >= 0.3 is 0 Å². The van der Waals surface area contributed by atoms with Gasteiger partial charge in [0.2, 0.25) is 0 Å². The minimum Gasteiger partial charge on any atom is -0.380 e. The van der Waals surface area contributed by atoms with E-state index in [9.17, 15) is 8.42 Å². The van der Waals surface area contributed by atoms with Gasteiger partial charge in [-0.25, -0.2) is 8.42 Å². The Kier molecular flexibility index (Phi) is 4.92. The van der Waals surface area contributed by atoms with Gasteiger partial charge in [-0.3, -0.25) is 5.10 Å². The average Bonchev–Trinajstić information content (AvgIpc) is 2.69. The smallest absolute Gasteiger partial charge is 0.260 e. The molecule has 19 heavy (non-hydrogen) atoms. The first kappa shape index (κ1) is 14.4. The van der Waals surface area contributed by atoms with Crippen LogP contribution in [0.15, 0.2) is 11.2 Å². The molecule has 2 N–H and O–H groups in total. The fourth-order valence-corrected chi connectivity index (χ4v) is 3.57. The maximum absolute atomic E-state index is 12.6. The first-order valence-electron chi connectivity index (χ1n) is 6.47. The first-order valence-corrected chi connectivity index (χ1v) is 7.91. The second kappa shape index (κ2) is 6.47. The number of nitrogens with zero attached hydrogens (tertiary/aromatic N) is 2. The molecule has 0 aromatic carbocycles. The first-order chi connectivity index (χ1) is 9.16. The Balaban J connectivity index is 2.20. The van der Waals surface area contributed by atoms with Crippen molar-refractivity contribution in [3.05, 3.63) is 11.8 Å². The Morgan fingerprint density at radius 2 is 2.32 bits per heavy atom. The third-order valence-corrected chi connectivity index (χ3v) is 4.94. The molecule has 2 heterocycles. The Morgan fingerprint density at radius 3 is 3.11 bits per heavy atom. The molecule has 0 spiro atoms. The van der Waals surface area contributed by atoms with Gasteiger partial charge in [0.15, 0.2) is 5.03 Å². The standard InChI is InChI=1S/C11H20N4O3S/c1-2-12-8-10-9-13-14-11(10)19(16,17)15-4-3-6-18-7-5-15/h9,12H,2-8H2,1H3,(H,13,14). The second-order valence-corrected chi connectivity index (χ2v) is 6.25. The molecule has 8 heteroatoms. The number of rotatable bonds is 5. The summed E-state index contributed by atoms with van der Waals surface area (Å²) < 4.78 is 31.9. The minimum absolute atomic E-state index is 0.190. The van der Waals surface area contributed by atoms with Gasteiger partial charge < -0.3 is 10.1 Å². The van der Waals surface area contributed by atoms with Crippen LogP contribution in [0.5, 0.6) is 0 Å². The van der Waals surface area contributed by atoms with E-state index in [0.29, 0.717) is 38.4 Å². The molecule has 0 radical (unpaired) electrons. The van der Waals surface area contributed by atoms with Gasteiger partial charge in [-0.1, -0.05) is 6.92 Å². The molecule has 2 rings (SSSR count). The van der Waals surface area contributed by atoms with Crippen molar-refractivity contribution < 1.29 is 13.2 Å². The fourth-order valence-electron chi connectivity index (χ4n) is 2.00. The molecule has 0 bridgehead atoms. The zero-order chi connectivity index (χ0) is 13.7. The van der Waals surface area contributed by atoms with Gasteiger partial charge in [0.1, 0.15) is 0 Å². The largest absolute Gasteiger partial charge is 0.380 e. The molecule has 7 nitrogen and oxygen atoms in total. The molecule has 0 amide bonds. The van der Waals surface area contributed by atoms with Crippen molar-refractivity contribution >= 4 is 10.0 Å². The predicted octanol–water partition coefficient (Wildman–Crippen LogP) is -0.0698. The van der Waals surface area contributed by atoms with Crippen molar-refractivity contribution in [3.8, 4) is 0 Å². The summed E-state index contributed by atoms with van der Waals surface area (Å²) in [6.07, 6.45) is 2.28. The number of sulfonamides is 1. The fraction of sp³-hybridized carbons (Fsp3) is 0.727. The lowest BCUT2D eigenvalue weighted by Gasteiger charge is -2.18. The Labute approximate surface area is 113 Å². The maximum Gasteiger partial charge on any atom is 0.260 e. The van der Waals surface area contributed by atoms with Gasteiger partial charge in [0.05, 0.1) is 12.8 Å². The topological polar surface area (TPSA) is 87.3 Å². The summed E-state index contributed by atoms with van der Waals surface area (Å²) in [5.74, 6) is 0. The van der Waals surface area contributed by atoms with Crippen LogP contribution in [-0.4, -0.2) is 55.8 Å². The van der Waals surface area contributed by atoms with Crippen molar-refractivity contribution in [2.45, 2.75) is 24.9 Å². The number of aromatic nitrogens is 2. The molecule has 1 aliphatic rings. The number of H-pyrrole nitrogens is 1. The number of aromatic amines is 1. The van der Waals surface area contributed by atoms with Gasteiger partial charge in [0.25, 0.3) is 10.0 Å². The molecule has 0 unspecified atom stereocenters. The zero-order valence-electron chi connectivity index (χ0n) is 11.1. The maximum atomic E-state index is 12.6. The Morgan fingerprint density at radius 1 is 1.47 bits per heavy atom. The number of hydrogen-bond acceptors (Lipinski definition) is 5. The van der Waals surface area contributed by atoms with Crippen LogP contribution in [0.1, 0.15) is 18.9 Å². The van der Waals surface area contributed by atoms with E-state index in [2.05, 4.69) is 15.5 Å². The highest BCUT2D eigenvalue weighted by Crippen LogP contribution is 2.18. The quantitative estimate of drug-likeness (QED) is 0.792. The van der Waals surface area contributed by atoms with Crippen LogP contribution in [0.25, 0.3) is 0 Å². The van der Waals surface area contributed by atoms with E-state index >= 15 is 0 Å². The predicted molar refractivity (Wildman–Crippen MR) is 70.2 cm³/mol. The van der Waals surface area contributed by atoms with Crippen molar-refractivity contribution in [1.82, 2.24) is 19.8 Å². The molecule has 1 fully saturated rings. The lowest BCUT2D eigenvalue weighted by Crippen LogP contribution is -2.34. The summed E-state index contributed by atoms with van der Waals surface area (Å²) in [6, 6.07) is 0. The number of nitrogens with one attached hydrogen (secondary N) is 2. The van der Waals surface area contributed by atoms with E-state index in [1.807, 2.05) is 6.92 Å². The van der Waals surface area contributed by atoms with E-state index in [-0.39, 0.29) is 5.03 Å². The Bertz CT molecular complexity index is 492. The minimum atomic E-state index is -3.51. The Hall–Kier alpha value is -0.960. The molecule has 1 aliphatic heterocycles. The van der Waals surface area contributed by atoms with Crippen LogP contribution in [0.2, 0.25) is 0 Å². The lowest BCUT2D eigenvalue weighted by atomic mass is 10.3. The van der Waals surface area contributed by atoms with Crippen LogP contribution >= 0.6 is 0 Å². The van der Waals surface area contributed by atoms with Crippen LogP contribution in [0.3, 0.4) is 0 Å². The molecule has 108 valence electrons. The van der Waals surface area contributed by atoms with Gasteiger partial charge in [-0.2, -0.15) is 9.40 Å². The SMILES string of the molecule is CCNCc1cn[nH]c1S(=O)(=O)N1CCCOCC1. The molecule has 1 aromatic heterocycles.